The lowest BCUT2D eigenvalue weighted by molar-refractivity contribution is -0.153. The number of amides is 1. The molecule has 1 saturated heterocycles. The molecular weight excluding hydrogens is 319 g/mol. The van der Waals surface area contributed by atoms with Crippen molar-refractivity contribution in [3.8, 4) is 0 Å². The van der Waals surface area contributed by atoms with Crippen LogP contribution in [0.1, 0.15) is 25.0 Å². The van der Waals surface area contributed by atoms with Crippen LogP contribution in [0.15, 0.2) is 35.8 Å². The minimum Gasteiger partial charge on any atom is -0.458 e. The van der Waals surface area contributed by atoms with E-state index in [1.807, 2.05) is 0 Å². The third kappa shape index (κ3) is 3.39. The largest absolute Gasteiger partial charge is 0.458 e. The quantitative estimate of drug-likeness (QED) is 0.807. The summed E-state index contributed by atoms with van der Waals surface area (Å²) >= 11 is 1.35. The molecular formula is C16H15FN2O3S. The molecule has 2 unspecified atom stereocenters. The lowest BCUT2D eigenvalue weighted by atomic mass is 10.1. The Labute approximate surface area is 136 Å². The van der Waals surface area contributed by atoms with Crippen molar-refractivity contribution in [2.24, 2.45) is 5.92 Å². The molecule has 0 spiro atoms. The number of esters is 1. The number of hydrogen-bond acceptors (Lipinski definition) is 5. The molecule has 0 bridgehead atoms. The molecule has 5 nitrogen and oxygen atoms in total. The van der Waals surface area contributed by atoms with Crippen LogP contribution < -0.4 is 4.90 Å². The Balaban J connectivity index is 1.64. The van der Waals surface area contributed by atoms with Gasteiger partial charge in [0.15, 0.2) is 5.13 Å². The second-order valence-electron chi connectivity index (χ2n) is 5.35. The molecule has 2 aromatic rings. The highest BCUT2D eigenvalue weighted by Crippen LogP contribution is 2.28. The molecule has 0 aliphatic carbocycles. The first kappa shape index (κ1) is 15.6. The SMILES string of the molecule is CC(OC(=O)C1CC(=O)N(c2nccs2)C1)c1cccc(F)c1. The van der Waals surface area contributed by atoms with Crippen molar-refractivity contribution in [1.29, 1.82) is 0 Å². The molecule has 1 aliphatic rings. The normalized spacial score (nSPS) is 19.0. The zero-order valence-electron chi connectivity index (χ0n) is 12.4. The van der Waals surface area contributed by atoms with Crippen LogP contribution in [0.25, 0.3) is 0 Å². The van der Waals surface area contributed by atoms with Gasteiger partial charge in [-0.25, -0.2) is 9.37 Å². The Morgan fingerprint density at radius 3 is 3.04 bits per heavy atom. The fourth-order valence-corrected chi connectivity index (χ4v) is 3.17. The molecule has 1 aromatic heterocycles. The number of nitrogens with zero attached hydrogens (tertiary/aromatic N) is 2. The molecule has 0 radical (unpaired) electrons. The maximum absolute atomic E-state index is 13.2. The van der Waals surface area contributed by atoms with Crippen molar-refractivity contribution in [1.82, 2.24) is 4.98 Å². The molecule has 0 saturated carbocycles. The highest BCUT2D eigenvalue weighted by atomic mass is 32.1. The first-order valence-electron chi connectivity index (χ1n) is 7.20. The van der Waals surface area contributed by atoms with E-state index in [0.29, 0.717) is 10.7 Å². The fraction of sp³-hybridized carbons (Fsp3) is 0.312. The summed E-state index contributed by atoms with van der Waals surface area (Å²) in [5.74, 6) is -1.49. The lowest BCUT2D eigenvalue weighted by Gasteiger charge is -2.17. The first-order valence-corrected chi connectivity index (χ1v) is 8.08. The molecule has 1 aromatic carbocycles. The third-order valence-electron chi connectivity index (χ3n) is 3.72. The van der Waals surface area contributed by atoms with E-state index < -0.39 is 18.0 Å². The molecule has 120 valence electrons. The molecule has 0 N–H and O–H groups in total. The number of hydrogen-bond donors (Lipinski definition) is 0. The first-order chi connectivity index (χ1) is 11.0. The summed E-state index contributed by atoms with van der Waals surface area (Å²) < 4.78 is 18.6. The average Bonchev–Trinajstić information content (AvgIpc) is 3.16. The molecule has 2 heterocycles. The number of ether oxygens (including phenoxy) is 1. The summed E-state index contributed by atoms with van der Waals surface area (Å²) in [7, 11) is 0. The van der Waals surface area contributed by atoms with Gasteiger partial charge in [-0.3, -0.25) is 14.5 Å². The number of thiazole rings is 1. The highest BCUT2D eigenvalue weighted by Gasteiger charge is 2.37. The standard InChI is InChI=1S/C16H15FN2O3S/c1-10(11-3-2-4-13(17)7-11)22-15(21)12-8-14(20)19(9-12)16-18-5-6-23-16/h2-7,10,12H,8-9H2,1H3. The van der Waals surface area contributed by atoms with Crippen LogP contribution in [0.5, 0.6) is 0 Å². The minimum atomic E-state index is -0.567. The number of carbonyl (C=O) groups is 2. The van der Waals surface area contributed by atoms with Crippen LogP contribution in [0.3, 0.4) is 0 Å². The Morgan fingerprint density at radius 2 is 2.35 bits per heavy atom. The van der Waals surface area contributed by atoms with Gasteiger partial charge < -0.3 is 4.74 Å². The molecule has 1 fully saturated rings. The highest BCUT2D eigenvalue weighted by molar-refractivity contribution is 7.13. The summed E-state index contributed by atoms with van der Waals surface area (Å²) in [4.78, 5) is 29.9. The second kappa shape index (κ2) is 6.45. The van der Waals surface area contributed by atoms with Gasteiger partial charge in [-0.05, 0) is 24.6 Å². The summed E-state index contributed by atoms with van der Waals surface area (Å²) in [5, 5.41) is 2.36. The summed E-state index contributed by atoms with van der Waals surface area (Å²) in [6.45, 7) is 1.95. The Kier molecular flexibility index (Phi) is 4.38. The molecule has 23 heavy (non-hydrogen) atoms. The average molecular weight is 334 g/mol. The number of halogens is 1. The van der Waals surface area contributed by atoms with Crippen molar-refractivity contribution >= 4 is 28.3 Å². The van der Waals surface area contributed by atoms with E-state index in [0.717, 1.165) is 0 Å². The number of benzene rings is 1. The van der Waals surface area contributed by atoms with E-state index in [4.69, 9.17) is 4.74 Å². The number of carbonyl (C=O) groups excluding carboxylic acids is 2. The van der Waals surface area contributed by atoms with E-state index in [1.54, 1.807) is 30.6 Å². The van der Waals surface area contributed by atoms with Gasteiger partial charge in [0.25, 0.3) is 0 Å². The van der Waals surface area contributed by atoms with E-state index in [1.165, 1.54) is 28.4 Å². The van der Waals surface area contributed by atoms with Gasteiger partial charge in [-0.1, -0.05) is 12.1 Å². The van der Waals surface area contributed by atoms with E-state index in [-0.39, 0.29) is 24.7 Å². The summed E-state index contributed by atoms with van der Waals surface area (Å²) in [6.07, 6.45) is 1.15. The van der Waals surface area contributed by atoms with Gasteiger partial charge in [0, 0.05) is 24.5 Å². The van der Waals surface area contributed by atoms with Gasteiger partial charge in [-0.2, -0.15) is 0 Å². The molecule has 7 heteroatoms. The van der Waals surface area contributed by atoms with Gasteiger partial charge in [0.05, 0.1) is 5.92 Å². The van der Waals surface area contributed by atoms with Crippen LogP contribution in [-0.2, 0) is 14.3 Å². The van der Waals surface area contributed by atoms with Crippen molar-refractivity contribution in [2.75, 3.05) is 11.4 Å². The van der Waals surface area contributed by atoms with Crippen molar-refractivity contribution < 1.29 is 18.7 Å². The second-order valence-corrected chi connectivity index (χ2v) is 6.23. The number of anilines is 1. The fourth-order valence-electron chi connectivity index (χ4n) is 2.50. The van der Waals surface area contributed by atoms with Crippen molar-refractivity contribution in [2.45, 2.75) is 19.4 Å². The van der Waals surface area contributed by atoms with E-state index in [2.05, 4.69) is 4.98 Å². The third-order valence-corrected chi connectivity index (χ3v) is 4.51. The van der Waals surface area contributed by atoms with Crippen LogP contribution in [0.2, 0.25) is 0 Å². The Morgan fingerprint density at radius 1 is 1.52 bits per heavy atom. The molecule has 2 atom stereocenters. The van der Waals surface area contributed by atoms with E-state index >= 15 is 0 Å². The van der Waals surface area contributed by atoms with Crippen LogP contribution >= 0.6 is 11.3 Å². The number of rotatable bonds is 4. The van der Waals surface area contributed by atoms with Crippen molar-refractivity contribution in [3.63, 3.8) is 0 Å². The molecule has 3 rings (SSSR count). The van der Waals surface area contributed by atoms with Crippen LogP contribution in [0, 0.1) is 11.7 Å². The number of aromatic nitrogens is 1. The Bertz CT molecular complexity index is 720. The van der Waals surface area contributed by atoms with Crippen molar-refractivity contribution in [3.05, 3.63) is 47.2 Å². The monoisotopic (exact) mass is 334 g/mol. The Hall–Kier alpha value is -2.28. The predicted molar refractivity (Wildman–Crippen MR) is 83.5 cm³/mol. The van der Waals surface area contributed by atoms with Gasteiger partial charge in [0.2, 0.25) is 5.91 Å². The van der Waals surface area contributed by atoms with Gasteiger partial charge >= 0.3 is 5.97 Å². The summed E-state index contributed by atoms with van der Waals surface area (Å²) in [6, 6.07) is 5.93. The topological polar surface area (TPSA) is 59.5 Å². The van der Waals surface area contributed by atoms with Crippen LogP contribution in [0.4, 0.5) is 9.52 Å². The van der Waals surface area contributed by atoms with E-state index in [9.17, 15) is 14.0 Å². The zero-order chi connectivity index (χ0) is 16.4. The zero-order valence-corrected chi connectivity index (χ0v) is 13.3. The maximum Gasteiger partial charge on any atom is 0.311 e. The minimum absolute atomic E-state index is 0.105. The molecule has 1 amide bonds. The van der Waals surface area contributed by atoms with Gasteiger partial charge in [-0.15, -0.1) is 11.3 Å². The maximum atomic E-state index is 13.2. The molecule has 1 aliphatic heterocycles. The summed E-state index contributed by atoms with van der Waals surface area (Å²) in [5.41, 5.74) is 0.583. The predicted octanol–water partition coefficient (Wildman–Crippen LogP) is 2.94. The lowest BCUT2D eigenvalue weighted by Crippen LogP contribution is -2.26. The van der Waals surface area contributed by atoms with Crippen LogP contribution in [-0.4, -0.2) is 23.4 Å². The smallest absolute Gasteiger partial charge is 0.311 e. The van der Waals surface area contributed by atoms with Gasteiger partial charge in [0.1, 0.15) is 11.9 Å².